The van der Waals surface area contributed by atoms with Gasteiger partial charge in [-0.25, -0.2) is 0 Å². The lowest BCUT2D eigenvalue weighted by Gasteiger charge is -2.27. The van der Waals surface area contributed by atoms with Crippen molar-refractivity contribution < 1.29 is 4.79 Å². The molecule has 0 aromatic carbocycles. The zero-order chi connectivity index (χ0) is 12.0. The SMILES string of the molecule is CCCCC(CCC)N1CNC(CC)C1=O. The van der Waals surface area contributed by atoms with Crippen molar-refractivity contribution in [2.24, 2.45) is 0 Å². The van der Waals surface area contributed by atoms with Crippen LogP contribution in [0.3, 0.4) is 0 Å². The second kappa shape index (κ2) is 6.89. The molecule has 0 bridgehead atoms. The number of amides is 1. The number of carbonyl (C=O) groups is 1. The molecule has 2 atom stereocenters. The van der Waals surface area contributed by atoms with Crippen molar-refractivity contribution in [3.8, 4) is 0 Å². The predicted molar refractivity (Wildman–Crippen MR) is 67.1 cm³/mol. The number of rotatable bonds is 7. The van der Waals surface area contributed by atoms with Crippen LogP contribution in [0.4, 0.5) is 0 Å². The molecule has 1 aliphatic rings. The van der Waals surface area contributed by atoms with Crippen molar-refractivity contribution in [2.75, 3.05) is 6.67 Å². The van der Waals surface area contributed by atoms with E-state index < -0.39 is 0 Å². The Kier molecular flexibility index (Phi) is 5.81. The van der Waals surface area contributed by atoms with E-state index in [9.17, 15) is 4.79 Å². The molecular weight excluding hydrogens is 200 g/mol. The normalized spacial score (nSPS) is 22.8. The Hall–Kier alpha value is -0.570. The highest BCUT2D eigenvalue weighted by Crippen LogP contribution is 2.19. The van der Waals surface area contributed by atoms with Crippen molar-refractivity contribution in [2.45, 2.75) is 71.4 Å². The molecule has 2 unspecified atom stereocenters. The standard InChI is InChI=1S/C13H26N2O/c1-4-7-9-11(8-5-2)15-10-14-12(6-3)13(15)16/h11-12,14H,4-10H2,1-3H3. The van der Waals surface area contributed by atoms with E-state index in [-0.39, 0.29) is 6.04 Å². The van der Waals surface area contributed by atoms with Crippen LogP contribution in [0.5, 0.6) is 0 Å². The first-order chi connectivity index (χ1) is 7.74. The summed E-state index contributed by atoms with van der Waals surface area (Å²) in [7, 11) is 0. The van der Waals surface area contributed by atoms with Gasteiger partial charge in [0.05, 0.1) is 12.7 Å². The zero-order valence-corrected chi connectivity index (χ0v) is 11.0. The van der Waals surface area contributed by atoms with Crippen LogP contribution in [0.25, 0.3) is 0 Å². The Bertz CT molecular complexity index is 218. The van der Waals surface area contributed by atoms with Gasteiger partial charge >= 0.3 is 0 Å². The van der Waals surface area contributed by atoms with Crippen molar-refractivity contribution in [3.63, 3.8) is 0 Å². The molecule has 0 spiro atoms. The molecule has 3 nitrogen and oxygen atoms in total. The summed E-state index contributed by atoms with van der Waals surface area (Å²) >= 11 is 0. The number of nitrogens with one attached hydrogen (secondary N) is 1. The average Bonchev–Trinajstić information content (AvgIpc) is 2.66. The van der Waals surface area contributed by atoms with Crippen LogP contribution in [0.1, 0.15) is 59.3 Å². The third kappa shape index (κ3) is 3.21. The van der Waals surface area contributed by atoms with E-state index in [4.69, 9.17) is 0 Å². The third-order valence-electron chi connectivity index (χ3n) is 3.45. The first-order valence-corrected chi connectivity index (χ1v) is 6.78. The smallest absolute Gasteiger partial charge is 0.241 e. The van der Waals surface area contributed by atoms with Crippen LogP contribution in [-0.4, -0.2) is 29.6 Å². The summed E-state index contributed by atoms with van der Waals surface area (Å²) in [5.74, 6) is 0.317. The number of unbranched alkanes of at least 4 members (excludes halogenated alkanes) is 1. The molecule has 1 saturated heterocycles. The minimum Gasteiger partial charge on any atom is -0.326 e. The van der Waals surface area contributed by atoms with Crippen molar-refractivity contribution in [1.29, 1.82) is 0 Å². The van der Waals surface area contributed by atoms with Crippen LogP contribution in [-0.2, 0) is 4.79 Å². The lowest BCUT2D eigenvalue weighted by molar-refractivity contribution is -0.131. The summed E-state index contributed by atoms with van der Waals surface area (Å²) in [6.45, 7) is 7.23. The number of nitrogens with zero attached hydrogens (tertiary/aromatic N) is 1. The van der Waals surface area contributed by atoms with Gasteiger partial charge in [-0.1, -0.05) is 40.0 Å². The minimum absolute atomic E-state index is 0.0704. The summed E-state index contributed by atoms with van der Waals surface area (Å²) in [4.78, 5) is 14.1. The van der Waals surface area contributed by atoms with Gasteiger partial charge in [-0.2, -0.15) is 0 Å². The summed E-state index contributed by atoms with van der Waals surface area (Å²) < 4.78 is 0. The maximum Gasteiger partial charge on any atom is 0.241 e. The molecule has 1 amide bonds. The highest BCUT2D eigenvalue weighted by molar-refractivity contribution is 5.83. The van der Waals surface area contributed by atoms with Gasteiger partial charge in [0, 0.05) is 6.04 Å². The Morgan fingerprint density at radius 2 is 2.06 bits per heavy atom. The average molecular weight is 226 g/mol. The van der Waals surface area contributed by atoms with E-state index in [0.29, 0.717) is 11.9 Å². The van der Waals surface area contributed by atoms with Crippen LogP contribution in [0.15, 0.2) is 0 Å². The lowest BCUT2D eigenvalue weighted by atomic mass is 10.0. The fraction of sp³-hybridized carbons (Fsp3) is 0.923. The van der Waals surface area contributed by atoms with E-state index >= 15 is 0 Å². The van der Waals surface area contributed by atoms with Gasteiger partial charge in [-0.05, 0) is 19.3 Å². The quantitative estimate of drug-likeness (QED) is 0.723. The highest BCUT2D eigenvalue weighted by atomic mass is 16.2. The summed E-state index contributed by atoms with van der Waals surface area (Å²) in [6.07, 6.45) is 6.81. The summed E-state index contributed by atoms with van der Waals surface area (Å²) in [6, 6.07) is 0.530. The molecule has 1 N–H and O–H groups in total. The molecule has 94 valence electrons. The minimum atomic E-state index is 0.0704. The second-order valence-electron chi connectivity index (χ2n) is 4.72. The van der Waals surface area contributed by atoms with Crippen molar-refractivity contribution in [3.05, 3.63) is 0 Å². The van der Waals surface area contributed by atoms with Gasteiger partial charge in [0.1, 0.15) is 0 Å². The van der Waals surface area contributed by atoms with Gasteiger partial charge in [0.15, 0.2) is 0 Å². The molecule has 0 aromatic heterocycles. The maximum atomic E-state index is 12.1. The molecule has 1 rings (SSSR count). The van der Waals surface area contributed by atoms with E-state index in [0.717, 1.165) is 32.4 Å². The van der Waals surface area contributed by atoms with Crippen LogP contribution in [0.2, 0.25) is 0 Å². The Morgan fingerprint density at radius 3 is 2.56 bits per heavy atom. The fourth-order valence-corrected chi connectivity index (χ4v) is 2.43. The van der Waals surface area contributed by atoms with Gasteiger partial charge in [-0.15, -0.1) is 0 Å². The Labute approximate surface area is 99.6 Å². The van der Waals surface area contributed by atoms with Gasteiger partial charge < -0.3 is 4.90 Å². The van der Waals surface area contributed by atoms with E-state index in [1.807, 2.05) is 0 Å². The monoisotopic (exact) mass is 226 g/mol. The zero-order valence-electron chi connectivity index (χ0n) is 11.0. The Morgan fingerprint density at radius 1 is 1.31 bits per heavy atom. The van der Waals surface area contributed by atoms with Crippen molar-refractivity contribution in [1.82, 2.24) is 10.2 Å². The van der Waals surface area contributed by atoms with E-state index in [1.54, 1.807) is 0 Å². The topological polar surface area (TPSA) is 32.3 Å². The summed E-state index contributed by atoms with van der Waals surface area (Å²) in [5.41, 5.74) is 0. The molecule has 16 heavy (non-hydrogen) atoms. The third-order valence-corrected chi connectivity index (χ3v) is 3.45. The molecule has 0 aromatic rings. The molecule has 0 saturated carbocycles. The second-order valence-corrected chi connectivity index (χ2v) is 4.72. The predicted octanol–water partition coefficient (Wildman–Crippen LogP) is 2.51. The largest absolute Gasteiger partial charge is 0.326 e. The molecule has 3 heteroatoms. The first-order valence-electron chi connectivity index (χ1n) is 6.78. The number of carbonyl (C=O) groups excluding carboxylic acids is 1. The van der Waals surface area contributed by atoms with E-state index in [1.165, 1.54) is 12.8 Å². The highest BCUT2D eigenvalue weighted by Gasteiger charge is 2.33. The molecule has 0 radical (unpaired) electrons. The number of hydrogen-bond donors (Lipinski definition) is 1. The fourth-order valence-electron chi connectivity index (χ4n) is 2.43. The molecule has 1 aliphatic heterocycles. The number of hydrogen-bond acceptors (Lipinski definition) is 2. The van der Waals surface area contributed by atoms with Gasteiger partial charge in [0.25, 0.3) is 0 Å². The van der Waals surface area contributed by atoms with Gasteiger partial charge in [-0.3, -0.25) is 10.1 Å². The lowest BCUT2D eigenvalue weighted by Crippen LogP contribution is -2.38. The molecular formula is C13H26N2O. The molecule has 1 fully saturated rings. The molecule has 1 heterocycles. The van der Waals surface area contributed by atoms with E-state index in [2.05, 4.69) is 31.0 Å². The van der Waals surface area contributed by atoms with Crippen LogP contribution >= 0.6 is 0 Å². The van der Waals surface area contributed by atoms with Crippen LogP contribution < -0.4 is 5.32 Å². The van der Waals surface area contributed by atoms with Crippen LogP contribution in [0, 0.1) is 0 Å². The van der Waals surface area contributed by atoms with Gasteiger partial charge in [0.2, 0.25) is 5.91 Å². The maximum absolute atomic E-state index is 12.1. The Balaban J connectivity index is 2.53. The first kappa shape index (κ1) is 13.5. The summed E-state index contributed by atoms with van der Waals surface area (Å²) in [5, 5.41) is 3.30. The molecule has 0 aliphatic carbocycles. The van der Waals surface area contributed by atoms with Crippen molar-refractivity contribution >= 4 is 5.91 Å².